The molecule has 1 atom stereocenters. The Kier molecular flexibility index (Phi) is 3.75. The van der Waals surface area contributed by atoms with Crippen molar-refractivity contribution in [3.8, 4) is 0 Å². The summed E-state index contributed by atoms with van der Waals surface area (Å²) < 4.78 is 1.17. The monoisotopic (exact) mass is 247 g/mol. The summed E-state index contributed by atoms with van der Waals surface area (Å²) >= 11 is 5.20. The average molecular weight is 248 g/mol. The zero-order chi connectivity index (χ0) is 9.14. The van der Waals surface area contributed by atoms with Gasteiger partial charge in [0.15, 0.2) is 0 Å². The molecule has 1 rings (SSSR count). The summed E-state index contributed by atoms with van der Waals surface area (Å²) in [6, 6.07) is 2.43. The van der Waals surface area contributed by atoms with E-state index < -0.39 is 0 Å². The quantitative estimate of drug-likeness (QED) is 0.874. The van der Waals surface area contributed by atoms with Crippen LogP contribution in [0.1, 0.15) is 18.7 Å². The summed E-state index contributed by atoms with van der Waals surface area (Å²) in [7, 11) is 0. The number of rotatable bonds is 3. The van der Waals surface area contributed by atoms with Gasteiger partial charge in [-0.3, -0.25) is 0 Å². The molecule has 1 aromatic rings. The first-order valence-corrected chi connectivity index (χ1v) is 5.75. The normalized spacial score (nSPS) is 13.8. The number of hydrogen-bond acceptors (Lipinski definition) is 2. The van der Waals surface area contributed by atoms with E-state index in [2.05, 4.69) is 41.2 Å². The van der Waals surface area contributed by atoms with E-state index in [0.717, 1.165) is 6.42 Å². The van der Waals surface area contributed by atoms with Gasteiger partial charge in [-0.2, -0.15) is 0 Å². The van der Waals surface area contributed by atoms with Crippen LogP contribution in [-0.2, 0) is 6.42 Å². The van der Waals surface area contributed by atoms with Gasteiger partial charge in [0.05, 0.1) is 0 Å². The van der Waals surface area contributed by atoms with Gasteiger partial charge in [0.2, 0.25) is 0 Å². The Morgan fingerprint density at radius 1 is 1.58 bits per heavy atom. The van der Waals surface area contributed by atoms with E-state index >= 15 is 0 Å². The Morgan fingerprint density at radius 2 is 2.25 bits per heavy atom. The third kappa shape index (κ3) is 2.88. The Bertz CT molecular complexity index is 244. The molecule has 1 nitrogen and oxygen atoms in total. The van der Waals surface area contributed by atoms with Crippen LogP contribution in [0.15, 0.2) is 15.9 Å². The maximum absolute atomic E-state index is 5.95. The Hall–Kier alpha value is 0.140. The molecule has 0 fully saturated rings. The summed E-state index contributed by atoms with van der Waals surface area (Å²) in [6.07, 6.45) is 0.994. The van der Waals surface area contributed by atoms with Gasteiger partial charge in [-0.1, -0.05) is 13.8 Å². The summed E-state index contributed by atoms with van der Waals surface area (Å²) in [5, 5.41) is 2.10. The van der Waals surface area contributed by atoms with Crippen LogP contribution in [0, 0.1) is 5.92 Å². The van der Waals surface area contributed by atoms with Crippen molar-refractivity contribution in [2.24, 2.45) is 11.7 Å². The lowest BCUT2D eigenvalue weighted by molar-refractivity contribution is 0.493. The van der Waals surface area contributed by atoms with E-state index in [-0.39, 0.29) is 6.04 Å². The molecule has 0 aromatic carbocycles. The lowest BCUT2D eigenvalue weighted by Gasteiger charge is -2.13. The molecule has 0 aliphatic heterocycles. The molecular weight excluding hydrogens is 234 g/mol. The predicted molar refractivity (Wildman–Crippen MR) is 58.5 cm³/mol. The molecule has 0 saturated carbocycles. The molecule has 1 heterocycles. The van der Waals surface area contributed by atoms with Gasteiger partial charge in [0.25, 0.3) is 0 Å². The van der Waals surface area contributed by atoms with Crippen LogP contribution >= 0.6 is 27.3 Å². The van der Waals surface area contributed by atoms with Gasteiger partial charge in [-0.05, 0) is 34.3 Å². The van der Waals surface area contributed by atoms with Crippen molar-refractivity contribution in [3.05, 3.63) is 20.8 Å². The molecule has 0 aliphatic carbocycles. The van der Waals surface area contributed by atoms with Crippen molar-refractivity contribution in [1.29, 1.82) is 0 Å². The molecule has 12 heavy (non-hydrogen) atoms. The maximum atomic E-state index is 5.95. The highest BCUT2D eigenvalue weighted by atomic mass is 79.9. The molecule has 0 bridgehead atoms. The molecule has 2 N–H and O–H groups in total. The van der Waals surface area contributed by atoms with Crippen LogP contribution in [0.25, 0.3) is 0 Å². The molecular formula is C9H14BrNS. The van der Waals surface area contributed by atoms with Crippen molar-refractivity contribution in [2.75, 3.05) is 0 Å². The lowest BCUT2D eigenvalue weighted by Crippen LogP contribution is -2.28. The third-order valence-corrected chi connectivity index (χ3v) is 3.63. The van der Waals surface area contributed by atoms with Gasteiger partial charge >= 0.3 is 0 Å². The highest BCUT2D eigenvalue weighted by molar-refractivity contribution is 9.10. The number of halogens is 1. The zero-order valence-corrected chi connectivity index (χ0v) is 9.78. The second-order valence-electron chi connectivity index (χ2n) is 3.34. The first-order chi connectivity index (χ1) is 5.59. The van der Waals surface area contributed by atoms with E-state index in [1.807, 2.05) is 0 Å². The molecule has 1 aromatic heterocycles. The highest BCUT2D eigenvalue weighted by Crippen LogP contribution is 2.21. The fourth-order valence-electron chi connectivity index (χ4n) is 0.929. The van der Waals surface area contributed by atoms with Crippen molar-refractivity contribution in [3.63, 3.8) is 0 Å². The fourth-order valence-corrected chi connectivity index (χ4v) is 2.45. The fraction of sp³-hybridized carbons (Fsp3) is 0.556. The SMILES string of the molecule is CC(C)C(N)Cc1cc(Br)cs1. The van der Waals surface area contributed by atoms with Gasteiger partial charge in [0, 0.05) is 20.8 Å². The van der Waals surface area contributed by atoms with E-state index in [1.54, 1.807) is 11.3 Å². The van der Waals surface area contributed by atoms with Gasteiger partial charge in [-0.25, -0.2) is 0 Å². The number of thiophene rings is 1. The van der Waals surface area contributed by atoms with E-state index in [4.69, 9.17) is 5.73 Å². The Labute approximate surface area is 86.1 Å². The van der Waals surface area contributed by atoms with E-state index in [0.29, 0.717) is 5.92 Å². The van der Waals surface area contributed by atoms with Crippen molar-refractivity contribution < 1.29 is 0 Å². The van der Waals surface area contributed by atoms with Crippen molar-refractivity contribution in [2.45, 2.75) is 26.3 Å². The van der Waals surface area contributed by atoms with Crippen LogP contribution in [0.3, 0.4) is 0 Å². The first-order valence-electron chi connectivity index (χ1n) is 4.08. The summed E-state index contributed by atoms with van der Waals surface area (Å²) in [4.78, 5) is 1.36. The second kappa shape index (κ2) is 4.40. The summed E-state index contributed by atoms with van der Waals surface area (Å²) in [6.45, 7) is 4.32. The summed E-state index contributed by atoms with van der Waals surface area (Å²) in [5.74, 6) is 0.561. The van der Waals surface area contributed by atoms with Gasteiger partial charge in [0.1, 0.15) is 0 Å². The Morgan fingerprint density at radius 3 is 2.67 bits per heavy atom. The number of nitrogens with two attached hydrogens (primary N) is 1. The Balaban J connectivity index is 2.52. The minimum Gasteiger partial charge on any atom is -0.327 e. The molecule has 0 saturated heterocycles. The van der Waals surface area contributed by atoms with Crippen LogP contribution in [-0.4, -0.2) is 6.04 Å². The predicted octanol–water partition coefficient (Wildman–Crippen LogP) is 3.04. The molecule has 0 aliphatic rings. The van der Waals surface area contributed by atoms with Crippen molar-refractivity contribution >= 4 is 27.3 Å². The maximum Gasteiger partial charge on any atom is 0.0285 e. The van der Waals surface area contributed by atoms with Crippen LogP contribution < -0.4 is 5.73 Å². The average Bonchev–Trinajstić information content (AvgIpc) is 2.35. The smallest absolute Gasteiger partial charge is 0.0285 e. The highest BCUT2D eigenvalue weighted by Gasteiger charge is 2.09. The topological polar surface area (TPSA) is 26.0 Å². The number of hydrogen-bond donors (Lipinski definition) is 1. The van der Waals surface area contributed by atoms with Crippen LogP contribution in [0.4, 0.5) is 0 Å². The minimum atomic E-state index is 0.288. The summed E-state index contributed by atoms with van der Waals surface area (Å²) in [5.41, 5.74) is 5.95. The van der Waals surface area contributed by atoms with Gasteiger partial charge < -0.3 is 5.73 Å². The molecule has 68 valence electrons. The molecule has 1 unspecified atom stereocenters. The third-order valence-electron chi connectivity index (χ3n) is 1.91. The molecule has 3 heteroatoms. The lowest BCUT2D eigenvalue weighted by atomic mass is 10.0. The van der Waals surface area contributed by atoms with Crippen LogP contribution in [0.2, 0.25) is 0 Å². The first kappa shape index (κ1) is 10.2. The van der Waals surface area contributed by atoms with E-state index in [1.165, 1.54) is 9.35 Å². The van der Waals surface area contributed by atoms with Gasteiger partial charge in [-0.15, -0.1) is 11.3 Å². The van der Waals surface area contributed by atoms with E-state index in [9.17, 15) is 0 Å². The zero-order valence-electron chi connectivity index (χ0n) is 7.38. The standard InChI is InChI=1S/C9H14BrNS/c1-6(2)9(11)4-8-3-7(10)5-12-8/h3,5-6,9H,4,11H2,1-2H3. The minimum absolute atomic E-state index is 0.288. The molecule has 0 amide bonds. The molecule has 0 radical (unpaired) electrons. The van der Waals surface area contributed by atoms with Crippen LogP contribution in [0.5, 0.6) is 0 Å². The van der Waals surface area contributed by atoms with Crippen molar-refractivity contribution in [1.82, 2.24) is 0 Å². The second-order valence-corrected chi connectivity index (χ2v) is 5.25. The largest absolute Gasteiger partial charge is 0.327 e. The molecule has 0 spiro atoms.